The summed E-state index contributed by atoms with van der Waals surface area (Å²) < 4.78 is 6.14. The van der Waals surface area contributed by atoms with E-state index < -0.39 is 0 Å². The molecule has 1 saturated heterocycles. The van der Waals surface area contributed by atoms with E-state index in [4.69, 9.17) is 17.0 Å². The lowest BCUT2D eigenvalue weighted by molar-refractivity contribution is -0.115. The van der Waals surface area contributed by atoms with Gasteiger partial charge in [0.05, 0.1) is 12.0 Å². The van der Waals surface area contributed by atoms with Crippen molar-refractivity contribution in [3.8, 4) is 5.75 Å². The van der Waals surface area contributed by atoms with Crippen LogP contribution in [-0.2, 0) is 4.79 Å². The fourth-order valence-electron chi connectivity index (χ4n) is 3.98. The molecule has 0 aromatic heterocycles. The number of carbonyl (C=O) groups is 1. The molecule has 2 aliphatic heterocycles. The SMILES string of the molecule is CCN1c2cc(OC)c(/C=C3\SC(=S)NC3=O)cc2C(C)CC1(C)C. The number of ether oxygens (including phenoxy) is 1. The van der Waals surface area contributed by atoms with Crippen LogP contribution in [0.4, 0.5) is 5.69 Å². The van der Waals surface area contributed by atoms with Crippen LogP contribution in [0.25, 0.3) is 6.08 Å². The van der Waals surface area contributed by atoms with Gasteiger partial charge in [0.2, 0.25) is 0 Å². The first kappa shape index (κ1) is 18.3. The lowest BCUT2D eigenvalue weighted by Gasteiger charge is -2.47. The number of fused-ring (bicyclic) bond motifs is 1. The topological polar surface area (TPSA) is 41.6 Å². The zero-order chi connectivity index (χ0) is 18.4. The highest BCUT2D eigenvalue weighted by molar-refractivity contribution is 8.26. The minimum Gasteiger partial charge on any atom is -0.496 e. The fraction of sp³-hybridized carbons (Fsp3) is 0.474. The number of nitrogens with one attached hydrogen (secondary N) is 1. The second-order valence-electron chi connectivity index (χ2n) is 7.17. The van der Waals surface area contributed by atoms with Gasteiger partial charge in [-0.2, -0.15) is 0 Å². The number of nitrogens with zero attached hydrogens (tertiary/aromatic N) is 1. The maximum atomic E-state index is 12.0. The van der Waals surface area contributed by atoms with Gasteiger partial charge in [-0.3, -0.25) is 4.79 Å². The Labute approximate surface area is 159 Å². The summed E-state index contributed by atoms with van der Waals surface area (Å²) in [5, 5.41) is 2.66. The number of carbonyl (C=O) groups excluding carboxylic acids is 1. The van der Waals surface area contributed by atoms with Crippen LogP contribution in [0, 0.1) is 0 Å². The number of anilines is 1. The van der Waals surface area contributed by atoms with Crippen LogP contribution in [0.15, 0.2) is 17.0 Å². The molecule has 134 valence electrons. The van der Waals surface area contributed by atoms with Crippen LogP contribution in [0.1, 0.15) is 51.2 Å². The van der Waals surface area contributed by atoms with Crippen LogP contribution in [0.3, 0.4) is 0 Å². The molecule has 0 saturated carbocycles. The van der Waals surface area contributed by atoms with E-state index in [1.807, 2.05) is 6.08 Å². The van der Waals surface area contributed by atoms with Gasteiger partial charge in [0.1, 0.15) is 10.1 Å². The minimum absolute atomic E-state index is 0.111. The Hall–Kier alpha value is -1.53. The predicted molar refractivity (Wildman–Crippen MR) is 109 cm³/mol. The molecule has 2 aliphatic rings. The van der Waals surface area contributed by atoms with Crippen molar-refractivity contribution >= 4 is 46.0 Å². The second kappa shape index (κ2) is 6.65. The molecule has 25 heavy (non-hydrogen) atoms. The van der Waals surface area contributed by atoms with Crippen LogP contribution < -0.4 is 15.0 Å². The molecule has 6 heteroatoms. The molecule has 1 aromatic rings. The van der Waals surface area contributed by atoms with Gasteiger partial charge < -0.3 is 15.0 Å². The lowest BCUT2D eigenvalue weighted by Crippen LogP contribution is -2.48. The number of amides is 1. The third-order valence-electron chi connectivity index (χ3n) is 4.98. The van der Waals surface area contributed by atoms with Gasteiger partial charge in [-0.15, -0.1) is 0 Å². The summed E-state index contributed by atoms with van der Waals surface area (Å²) in [6.45, 7) is 9.98. The number of rotatable bonds is 3. The van der Waals surface area contributed by atoms with Crippen molar-refractivity contribution in [2.45, 2.75) is 45.6 Å². The summed E-state index contributed by atoms with van der Waals surface area (Å²) in [7, 11) is 1.67. The number of benzene rings is 1. The minimum atomic E-state index is -0.140. The lowest BCUT2D eigenvalue weighted by atomic mass is 9.79. The van der Waals surface area contributed by atoms with Gasteiger partial charge in [-0.25, -0.2) is 0 Å². The largest absolute Gasteiger partial charge is 0.496 e. The fourth-order valence-corrected chi connectivity index (χ4v) is 5.01. The van der Waals surface area contributed by atoms with Crippen molar-refractivity contribution in [2.75, 3.05) is 18.6 Å². The van der Waals surface area contributed by atoms with Gasteiger partial charge >= 0.3 is 0 Å². The van der Waals surface area contributed by atoms with Crippen molar-refractivity contribution < 1.29 is 9.53 Å². The molecule has 2 heterocycles. The van der Waals surface area contributed by atoms with E-state index in [0.717, 1.165) is 24.3 Å². The summed E-state index contributed by atoms with van der Waals surface area (Å²) in [4.78, 5) is 15.0. The quantitative estimate of drug-likeness (QED) is 0.629. The summed E-state index contributed by atoms with van der Waals surface area (Å²) in [6.07, 6.45) is 2.97. The Morgan fingerprint density at radius 2 is 2.20 bits per heavy atom. The van der Waals surface area contributed by atoms with Crippen molar-refractivity contribution in [3.05, 3.63) is 28.2 Å². The summed E-state index contributed by atoms with van der Waals surface area (Å²) in [5.74, 6) is 1.09. The summed E-state index contributed by atoms with van der Waals surface area (Å²) >= 11 is 6.37. The van der Waals surface area contributed by atoms with Gasteiger partial charge in [-0.05, 0) is 50.8 Å². The van der Waals surface area contributed by atoms with Crippen LogP contribution in [-0.4, -0.2) is 29.4 Å². The average Bonchev–Trinajstić information content (AvgIpc) is 2.84. The molecule has 0 aliphatic carbocycles. The first-order valence-corrected chi connectivity index (χ1v) is 9.73. The Bertz CT molecular complexity index is 771. The maximum absolute atomic E-state index is 12.0. The number of thiocarbonyl (C=S) groups is 1. The van der Waals surface area contributed by atoms with E-state index >= 15 is 0 Å². The van der Waals surface area contributed by atoms with Gasteiger partial charge in [-0.1, -0.05) is 30.9 Å². The number of hydrogen-bond acceptors (Lipinski definition) is 5. The monoisotopic (exact) mass is 376 g/mol. The van der Waals surface area contributed by atoms with Gasteiger partial charge in [0.25, 0.3) is 5.91 Å². The van der Waals surface area contributed by atoms with E-state index in [1.54, 1.807) is 7.11 Å². The highest BCUT2D eigenvalue weighted by atomic mass is 32.2. The zero-order valence-electron chi connectivity index (χ0n) is 15.3. The summed E-state index contributed by atoms with van der Waals surface area (Å²) in [5.41, 5.74) is 3.56. The molecule has 3 rings (SSSR count). The van der Waals surface area contributed by atoms with Gasteiger partial charge in [0, 0.05) is 29.4 Å². The van der Waals surface area contributed by atoms with Crippen molar-refractivity contribution in [1.29, 1.82) is 0 Å². The van der Waals surface area contributed by atoms with Crippen LogP contribution in [0.5, 0.6) is 5.75 Å². The highest BCUT2D eigenvalue weighted by Crippen LogP contribution is 2.46. The van der Waals surface area contributed by atoms with E-state index in [0.29, 0.717) is 15.1 Å². The molecule has 1 N–H and O–H groups in total. The Balaban J connectivity index is 2.12. The molecule has 1 amide bonds. The third-order valence-corrected chi connectivity index (χ3v) is 6.14. The molecule has 1 aromatic carbocycles. The molecule has 1 unspecified atom stereocenters. The number of methoxy groups -OCH3 is 1. The standard InChI is InChI=1S/C19H24N2O2S2/c1-6-21-14-9-15(23-5)12(8-16-17(22)20-18(24)25-16)7-13(14)11(2)10-19(21,3)4/h7-9,11H,6,10H2,1-5H3,(H,20,22,24)/b16-8-. The van der Waals surface area contributed by atoms with E-state index in [9.17, 15) is 4.79 Å². The van der Waals surface area contributed by atoms with Crippen molar-refractivity contribution in [3.63, 3.8) is 0 Å². The average molecular weight is 377 g/mol. The first-order valence-electron chi connectivity index (χ1n) is 8.51. The van der Waals surface area contributed by atoms with E-state index in [2.05, 4.69) is 50.0 Å². The molecular weight excluding hydrogens is 352 g/mol. The maximum Gasteiger partial charge on any atom is 0.263 e. The van der Waals surface area contributed by atoms with Crippen molar-refractivity contribution in [2.24, 2.45) is 0 Å². The van der Waals surface area contributed by atoms with E-state index in [1.165, 1.54) is 23.0 Å². The van der Waals surface area contributed by atoms with Crippen molar-refractivity contribution in [1.82, 2.24) is 5.32 Å². The molecule has 4 nitrogen and oxygen atoms in total. The van der Waals surface area contributed by atoms with Crippen LogP contribution >= 0.6 is 24.0 Å². The normalized spacial score (nSPS) is 23.6. The number of thioether (sulfide) groups is 1. The molecule has 0 radical (unpaired) electrons. The van der Waals surface area contributed by atoms with E-state index in [-0.39, 0.29) is 11.4 Å². The predicted octanol–water partition coefficient (Wildman–Crippen LogP) is 4.30. The highest BCUT2D eigenvalue weighted by Gasteiger charge is 2.36. The Morgan fingerprint density at radius 3 is 2.76 bits per heavy atom. The zero-order valence-corrected chi connectivity index (χ0v) is 16.9. The first-order chi connectivity index (χ1) is 11.8. The second-order valence-corrected chi connectivity index (χ2v) is 8.89. The Morgan fingerprint density at radius 1 is 1.48 bits per heavy atom. The smallest absolute Gasteiger partial charge is 0.263 e. The molecule has 0 bridgehead atoms. The summed E-state index contributed by atoms with van der Waals surface area (Å²) in [6, 6.07) is 4.28. The van der Waals surface area contributed by atoms with Crippen LogP contribution in [0.2, 0.25) is 0 Å². The molecule has 1 fully saturated rings. The van der Waals surface area contributed by atoms with Gasteiger partial charge in [0.15, 0.2) is 0 Å². The number of hydrogen-bond donors (Lipinski definition) is 1. The Kier molecular flexibility index (Phi) is 4.86. The molecule has 1 atom stereocenters. The molecule has 0 spiro atoms. The third kappa shape index (κ3) is 3.29. The molecular formula is C19H24N2O2S2.